The molecule has 0 N–H and O–H groups in total. The standard InChI is InChI=1S/C49H33N3OS/c1-3-15-36-38-28-33-26-27-54-45(33)30-42(38)49(39(36)4-2)40-22-13-14-23-43(40)53-44-29-34(24-25-41(44)49)47-50-46(32-18-9-6-10-19-32)51-48(52-47)37-21-12-11-20-35(37)31-16-7-5-8-17-31/h3-30H,2H2,1H3/b15-3-/t49-/m0/s1. The maximum atomic E-state index is 6.87. The highest BCUT2D eigenvalue weighted by Crippen LogP contribution is 2.62. The van der Waals surface area contributed by atoms with Crippen LogP contribution in [0.3, 0.4) is 0 Å². The van der Waals surface area contributed by atoms with Crippen molar-refractivity contribution in [3.8, 4) is 56.8 Å². The van der Waals surface area contributed by atoms with E-state index in [-0.39, 0.29) is 0 Å². The van der Waals surface area contributed by atoms with Gasteiger partial charge in [0.2, 0.25) is 0 Å². The average molecular weight is 712 g/mol. The SMILES string of the molecule is C=CC1=C(/C=C\C)c2cc3ccsc3cc2[C@]12c1ccccc1Oc1cc(-c3nc(-c4ccccc4)nc(-c4ccccc4-c4ccccc4)n3)ccc12. The summed E-state index contributed by atoms with van der Waals surface area (Å²) in [6, 6.07) is 50.5. The molecule has 0 unspecified atom stereocenters. The number of benzene rings is 6. The molecule has 0 radical (unpaired) electrons. The number of hydrogen-bond donors (Lipinski definition) is 0. The zero-order valence-corrected chi connectivity index (χ0v) is 30.3. The summed E-state index contributed by atoms with van der Waals surface area (Å²) in [5.74, 6) is 3.37. The Labute approximate surface area is 318 Å². The maximum Gasteiger partial charge on any atom is 0.164 e. The number of rotatable bonds is 6. The topological polar surface area (TPSA) is 47.9 Å². The molecule has 1 atom stereocenters. The minimum absolute atomic E-state index is 0.572. The highest BCUT2D eigenvalue weighted by molar-refractivity contribution is 7.17. The van der Waals surface area contributed by atoms with Crippen molar-refractivity contribution < 1.29 is 4.74 Å². The van der Waals surface area contributed by atoms with E-state index in [1.807, 2.05) is 54.6 Å². The molecule has 10 rings (SSSR count). The van der Waals surface area contributed by atoms with Gasteiger partial charge in [-0.1, -0.05) is 140 Å². The lowest BCUT2D eigenvalue weighted by molar-refractivity contribution is 0.436. The van der Waals surface area contributed by atoms with Crippen molar-refractivity contribution in [3.63, 3.8) is 0 Å². The number of thiophene rings is 1. The van der Waals surface area contributed by atoms with Crippen molar-refractivity contribution in [3.05, 3.63) is 204 Å². The van der Waals surface area contributed by atoms with Gasteiger partial charge in [0.15, 0.2) is 17.5 Å². The Hall–Kier alpha value is -6.69. The van der Waals surface area contributed by atoms with E-state index in [0.29, 0.717) is 17.5 Å². The van der Waals surface area contributed by atoms with E-state index in [0.717, 1.165) is 56.0 Å². The molecular formula is C49H33N3OS. The second-order valence-corrected chi connectivity index (χ2v) is 14.5. The average Bonchev–Trinajstić information content (AvgIpc) is 3.80. The summed E-state index contributed by atoms with van der Waals surface area (Å²) in [6.07, 6.45) is 6.38. The van der Waals surface area contributed by atoms with Crippen LogP contribution in [0.4, 0.5) is 0 Å². The Kier molecular flexibility index (Phi) is 7.56. The predicted octanol–water partition coefficient (Wildman–Crippen LogP) is 12.7. The minimum Gasteiger partial charge on any atom is -0.457 e. The van der Waals surface area contributed by atoms with Crippen LogP contribution in [0.2, 0.25) is 0 Å². The zero-order valence-electron chi connectivity index (χ0n) is 29.5. The monoisotopic (exact) mass is 711 g/mol. The Morgan fingerprint density at radius 1 is 0.574 bits per heavy atom. The van der Waals surface area contributed by atoms with E-state index in [2.05, 4.69) is 128 Å². The van der Waals surface area contributed by atoms with Gasteiger partial charge in [0, 0.05) is 32.5 Å². The lowest BCUT2D eigenvalue weighted by Gasteiger charge is -2.40. The summed E-state index contributed by atoms with van der Waals surface area (Å²) in [6.45, 7) is 6.50. The summed E-state index contributed by atoms with van der Waals surface area (Å²) in [5, 5.41) is 3.41. The molecule has 8 aromatic rings. The van der Waals surface area contributed by atoms with Crippen LogP contribution >= 0.6 is 11.3 Å². The molecule has 1 aliphatic carbocycles. The largest absolute Gasteiger partial charge is 0.457 e. The van der Waals surface area contributed by atoms with Crippen LogP contribution in [-0.4, -0.2) is 15.0 Å². The molecule has 1 spiro atoms. The third kappa shape index (κ3) is 4.86. The van der Waals surface area contributed by atoms with Gasteiger partial charge in [-0.2, -0.15) is 0 Å². The minimum atomic E-state index is -0.638. The first kappa shape index (κ1) is 32.0. The molecule has 0 fully saturated rings. The fraction of sp³-hybridized carbons (Fsp3) is 0.0408. The van der Waals surface area contributed by atoms with Crippen molar-refractivity contribution in [2.24, 2.45) is 0 Å². The predicted molar refractivity (Wildman–Crippen MR) is 222 cm³/mol. The Bertz CT molecular complexity index is 2840. The summed E-state index contributed by atoms with van der Waals surface area (Å²) >= 11 is 1.77. The Morgan fingerprint density at radius 3 is 2.02 bits per heavy atom. The third-order valence-electron chi connectivity index (χ3n) is 10.6. The van der Waals surface area contributed by atoms with Gasteiger partial charge < -0.3 is 4.74 Å². The van der Waals surface area contributed by atoms with Crippen molar-refractivity contribution >= 4 is 27.0 Å². The van der Waals surface area contributed by atoms with E-state index in [1.54, 1.807) is 11.3 Å². The molecule has 256 valence electrons. The van der Waals surface area contributed by atoms with Gasteiger partial charge in [-0.05, 0) is 81.4 Å². The molecule has 0 saturated heterocycles. The smallest absolute Gasteiger partial charge is 0.164 e. The van der Waals surface area contributed by atoms with Gasteiger partial charge in [0.1, 0.15) is 11.5 Å². The Balaban J connectivity index is 1.21. The molecule has 1 aliphatic heterocycles. The fourth-order valence-corrected chi connectivity index (χ4v) is 9.11. The van der Waals surface area contributed by atoms with Gasteiger partial charge in [-0.3, -0.25) is 0 Å². The van der Waals surface area contributed by atoms with Crippen LogP contribution in [0.5, 0.6) is 11.5 Å². The Morgan fingerprint density at radius 2 is 1.24 bits per heavy atom. The number of hydrogen-bond acceptors (Lipinski definition) is 5. The van der Waals surface area contributed by atoms with Crippen LogP contribution in [0.25, 0.3) is 60.9 Å². The van der Waals surface area contributed by atoms with Crippen LogP contribution in [0.1, 0.15) is 29.2 Å². The van der Waals surface area contributed by atoms with Gasteiger partial charge in [0.05, 0.1) is 5.41 Å². The highest BCUT2D eigenvalue weighted by Gasteiger charge is 2.51. The molecule has 3 heterocycles. The molecule has 4 nitrogen and oxygen atoms in total. The lowest BCUT2D eigenvalue weighted by Crippen LogP contribution is -2.32. The quantitative estimate of drug-likeness (QED) is 0.172. The van der Waals surface area contributed by atoms with Crippen molar-refractivity contribution in [2.75, 3.05) is 0 Å². The van der Waals surface area contributed by atoms with Crippen molar-refractivity contribution in [2.45, 2.75) is 12.3 Å². The second kappa shape index (κ2) is 12.8. The fourth-order valence-electron chi connectivity index (χ4n) is 8.30. The highest BCUT2D eigenvalue weighted by atomic mass is 32.1. The molecule has 0 bridgehead atoms. The van der Waals surface area contributed by atoms with Crippen molar-refractivity contribution in [1.82, 2.24) is 15.0 Å². The first-order valence-corrected chi connectivity index (χ1v) is 19.0. The zero-order chi connectivity index (χ0) is 36.2. The molecule has 2 aliphatic rings. The number of nitrogens with zero attached hydrogens (tertiary/aromatic N) is 3. The number of fused-ring (bicyclic) bond motifs is 7. The first-order chi connectivity index (χ1) is 26.7. The van der Waals surface area contributed by atoms with Crippen LogP contribution in [-0.2, 0) is 5.41 Å². The summed E-state index contributed by atoms with van der Waals surface area (Å²) < 4.78 is 8.12. The number of para-hydroxylation sites is 1. The van der Waals surface area contributed by atoms with Gasteiger partial charge >= 0.3 is 0 Å². The number of allylic oxidation sites excluding steroid dienone is 5. The molecule has 6 aromatic carbocycles. The van der Waals surface area contributed by atoms with E-state index >= 15 is 0 Å². The number of aromatic nitrogens is 3. The normalized spacial score (nSPS) is 15.6. The van der Waals surface area contributed by atoms with E-state index < -0.39 is 5.41 Å². The van der Waals surface area contributed by atoms with E-state index in [9.17, 15) is 0 Å². The first-order valence-electron chi connectivity index (χ1n) is 18.1. The van der Waals surface area contributed by atoms with Gasteiger partial charge in [-0.15, -0.1) is 11.3 Å². The molecular weight excluding hydrogens is 679 g/mol. The molecule has 54 heavy (non-hydrogen) atoms. The molecule has 0 saturated carbocycles. The van der Waals surface area contributed by atoms with Gasteiger partial charge in [0.25, 0.3) is 0 Å². The number of ether oxygens (including phenoxy) is 1. The molecule has 2 aromatic heterocycles. The van der Waals surface area contributed by atoms with Crippen molar-refractivity contribution in [1.29, 1.82) is 0 Å². The molecule has 0 amide bonds. The lowest BCUT2D eigenvalue weighted by atomic mass is 9.65. The van der Waals surface area contributed by atoms with Crippen LogP contribution in [0.15, 0.2) is 181 Å². The third-order valence-corrected chi connectivity index (χ3v) is 11.5. The van der Waals surface area contributed by atoms with Crippen LogP contribution < -0.4 is 4.74 Å². The summed E-state index contributed by atoms with van der Waals surface area (Å²) in [5.41, 5.74) is 11.1. The van der Waals surface area contributed by atoms with E-state index in [1.165, 1.54) is 26.8 Å². The van der Waals surface area contributed by atoms with E-state index in [4.69, 9.17) is 19.7 Å². The van der Waals surface area contributed by atoms with Crippen LogP contribution in [0, 0.1) is 0 Å². The van der Waals surface area contributed by atoms with Gasteiger partial charge in [-0.25, -0.2) is 15.0 Å². The maximum absolute atomic E-state index is 6.87. The summed E-state index contributed by atoms with van der Waals surface area (Å²) in [7, 11) is 0. The molecule has 5 heteroatoms. The summed E-state index contributed by atoms with van der Waals surface area (Å²) in [4.78, 5) is 15.4. The second-order valence-electron chi connectivity index (χ2n) is 13.5.